The Labute approximate surface area is 365 Å². The number of ether oxygens (including phenoxy) is 1. The van der Waals surface area contributed by atoms with Gasteiger partial charge >= 0.3 is 0 Å². The average molecular weight is 798 g/mol. The zero-order chi connectivity index (χ0) is 42.0. The predicted molar refractivity (Wildman–Crippen MR) is 258 cm³/mol. The Morgan fingerprint density at radius 1 is 0.339 bits per heavy atom. The van der Waals surface area contributed by atoms with Gasteiger partial charge in [-0.3, -0.25) is 0 Å². The minimum atomic E-state index is -0.523. The normalized spacial score (nSPS) is 13.9. The molecule has 1 aliphatic heterocycles. The molecule has 2 nitrogen and oxygen atoms in total. The van der Waals surface area contributed by atoms with Crippen LogP contribution in [0.25, 0.3) is 44.5 Å². The van der Waals surface area contributed by atoms with Crippen molar-refractivity contribution in [2.24, 2.45) is 0 Å². The predicted octanol–water partition coefficient (Wildman–Crippen LogP) is 16.3. The van der Waals surface area contributed by atoms with Crippen LogP contribution in [0.1, 0.15) is 61.1 Å². The van der Waals surface area contributed by atoms with E-state index in [4.69, 9.17) is 4.74 Å². The molecule has 9 aromatic rings. The molecule has 0 atom stereocenters. The van der Waals surface area contributed by atoms with Crippen LogP contribution >= 0.6 is 0 Å². The summed E-state index contributed by atoms with van der Waals surface area (Å²) < 4.78 is 7.04. The molecule has 12 rings (SSSR count). The standard InChI is InChI=1S/C58H41NO.C2H6/c1-57(2)52-35-40(38-17-5-3-6-18-38)29-32-46(52)47-33-30-41(36-53(47)57)59(54-27-15-11-21-43(54)39-19-7-4-8-20-39)42-31-34-51-56(37-42)60-55-28-16-14-26-50(55)58(51)48-24-12-9-22-44(48)45-23-10-13-25-49(45)58;1-2/h3-37H,1-2H3;1-2H3. The Bertz CT molecular complexity index is 3120. The molecule has 2 aliphatic carbocycles. The first kappa shape index (κ1) is 37.6. The van der Waals surface area contributed by atoms with Crippen molar-refractivity contribution in [1.29, 1.82) is 0 Å². The van der Waals surface area contributed by atoms with E-state index in [1.807, 2.05) is 13.8 Å². The maximum absolute atomic E-state index is 7.04. The van der Waals surface area contributed by atoms with Crippen LogP contribution in [0.2, 0.25) is 0 Å². The molecule has 0 bridgehead atoms. The van der Waals surface area contributed by atoms with Gasteiger partial charge in [0.1, 0.15) is 11.5 Å². The monoisotopic (exact) mass is 797 g/mol. The quantitative estimate of drug-likeness (QED) is 0.172. The Morgan fingerprint density at radius 2 is 0.823 bits per heavy atom. The maximum Gasteiger partial charge on any atom is 0.134 e. The second kappa shape index (κ2) is 14.6. The molecule has 62 heavy (non-hydrogen) atoms. The summed E-state index contributed by atoms with van der Waals surface area (Å²) in [5.41, 5.74) is 20.0. The summed E-state index contributed by atoms with van der Waals surface area (Å²) in [5.74, 6) is 1.75. The van der Waals surface area contributed by atoms with Gasteiger partial charge in [0.05, 0.1) is 11.1 Å². The molecule has 0 unspecified atom stereocenters. The maximum atomic E-state index is 7.04. The Hall–Kier alpha value is -7.42. The molecule has 0 saturated heterocycles. The molecule has 0 N–H and O–H groups in total. The summed E-state index contributed by atoms with van der Waals surface area (Å²) >= 11 is 0. The molecule has 0 aromatic heterocycles. The lowest BCUT2D eigenvalue weighted by atomic mass is 9.66. The molecule has 1 spiro atoms. The fourth-order valence-corrected chi connectivity index (χ4v) is 10.6. The molecular weight excluding hydrogens is 751 g/mol. The van der Waals surface area contributed by atoms with E-state index in [1.54, 1.807) is 0 Å². The highest BCUT2D eigenvalue weighted by Gasteiger charge is 2.51. The summed E-state index contributed by atoms with van der Waals surface area (Å²) in [5, 5.41) is 0. The molecule has 2 heteroatoms. The van der Waals surface area contributed by atoms with E-state index in [2.05, 4.69) is 231 Å². The van der Waals surface area contributed by atoms with Crippen molar-refractivity contribution >= 4 is 17.1 Å². The molecule has 0 fully saturated rings. The first-order valence-corrected chi connectivity index (χ1v) is 21.9. The van der Waals surface area contributed by atoms with E-state index in [1.165, 1.54) is 66.8 Å². The SMILES string of the molecule is CC.CC1(C)c2cc(-c3ccccc3)ccc2-c2ccc(N(c3ccc4c(c3)Oc3ccccc3C43c4ccccc4-c4ccccc43)c3ccccc3-c3ccccc3)cc21. The summed E-state index contributed by atoms with van der Waals surface area (Å²) in [6.07, 6.45) is 0. The molecule has 0 amide bonds. The lowest BCUT2D eigenvalue weighted by Crippen LogP contribution is -2.32. The second-order valence-electron chi connectivity index (χ2n) is 16.8. The van der Waals surface area contributed by atoms with Crippen molar-refractivity contribution in [3.63, 3.8) is 0 Å². The van der Waals surface area contributed by atoms with Gasteiger partial charge in [0, 0.05) is 39.5 Å². The number of para-hydroxylation sites is 2. The average Bonchev–Trinajstić information content (AvgIpc) is 3.75. The largest absolute Gasteiger partial charge is 0.457 e. The van der Waals surface area contributed by atoms with Gasteiger partial charge in [0.25, 0.3) is 0 Å². The number of fused-ring (bicyclic) bond motifs is 12. The third-order valence-electron chi connectivity index (χ3n) is 13.3. The molecule has 298 valence electrons. The van der Waals surface area contributed by atoms with E-state index < -0.39 is 5.41 Å². The molecule has 0 radical (unpaired) electrons. The Morgan fingerprint density at radius 3 is 1.52 bits per heavy atom. The fourth-order valence-electron chi connectivity index (χ4n) is 10.6. The van der Waals surface area contributed by atoms with E-state index in [-0.39, 0.29) is 5.41 Å². The first-order valence-electron chi connectivity index (χ1n) is 21.9. The number of hydrogen-bond acceptors (Lipinski definition) is 2. The third-order valence-corrected chi connectivity index (χ3v) is 13.3. The Kier molecular flexibility index (Phi) is 8.87. The van der Waals surface area contributed by atoms with Crippen molar-refractivity contribution in [2.75, 3.05) is 4.90 Å². The summed E-state index contributed by atoms with van der Waals surface area (Å²) in [7, 11) is 0. The summed E-state index contributed by atoms with van der Waals surface area (Å²) in [6.45, 7) is 8.75. The van der Waals surface area contributed by atoms with Gasteiger partial charge in [-0.05, 0) is 97.6 Å². The van der Waals surface area contributed by atoms with E-state index in [9.17, 15) is 0 Å². The zero-order valence-corrected chi connectivity index (χ0v) is 35.6. The first-order chi connectivity index (χ1) is 30.5. The smallest absolute Gasteiger partial charge is 0.134 e. The molecule has 1 heterocycles. The second-order valence-corrected chi connectivity index (χ2v) is 16.8. The number of nitrogens with zero attached hydrogens (tertiary/aromatic N) is 1. The minimum Gasteiger partial charge on any atom is -0.457 e. The number of rotatable bonds is 5. The van der Waals surface area contributed by atoms with Crippen molar-refractivity contribution in [3.05, 3.63) is 246 Å². The van der Waals surface area contributed by atoms with E-state index in [0.29, 0.717) is 0 Å². The van der Waals surface area contributed by atoms with Crippen LogP contribution in [-0.2, 0) is 10.8 Å². The van der Waals surface area contributed by atoms with Crippen LogP contribution in [0, 0.1) is 0 Å². The lowest BCUT2D eigenvalue weighted by molar-refractivity contribution is 0.436. The summed E-state index contributed by atoms with van der Waals surface area (Å²) in [6, 6.07) is 77.7. The molecule has 3 aliphatic rings. The highest BCUT2D eigenvalue weighted by molar-refractivity contribution is 5.93. The zero-order valence-electron chi connectivity index (χ0n) is 35.6. The third kappa shape index (κ3) is 5.49. The van der Waals surface area contributed by atoms with Gasteiger partial charge in [0.15, 0.2) is 0 Å². The van der Waals surface area contributed by atoms with Crippen molar-refractivity contribution in [3.8, 4) is 56.0 Å². The van der Waals surface area contributed by atoms with Gasteiger partial charge in [-0.1, -0.05) is 198 Å². The van der Waals surface area contributed by atoms with Gasteiger partial charge in [-0.25, -0.2) is 0 Å². The van der Waals surface area contributed by atoms with Crippen molar-refractivity contribution in [1.82, 2.24) is 0 Å². The summed E-state index contributed by atoms with van der Waals surface area (Å²) in [4.78, 5) is 2.43. The van der Waals surface area contributed by atoms with Crippen LogP contribution in [0.4, 0.5) is 17.1 Å². The molecular formula is C60H47NO. The molecule has 0 saturated carbocycles. The van der Waals surface area contributed by atoms with Crippen LogP contribution in [0.3, 0.4) is 0 Å². The number of benzene rings is 9. The van der Waals surface area contributed by atoms with Crippen LogP contribution in [0.5, 0.6) is 11.5 Å². The number of hydrogen-bond donors (Lipinski definition) is 0. The van der Waals surface area contributed by atoms with Gasteiger partial charge in [0.2, 0.25) is 0 Å². The van der Waals surface area contributed by atoms with E-state index >= 15 is 0 Å². The van der Waals surface area contributed by atoms with Gasteiger partial charge in [-0.2, -0.15) is 0 Å². The van der Waals surface area contributed by atoms with E-state index in [0.717, 1.165) is 39.7 Å². The van der Waals surface area contributed by atoms with Gasteiger partial charge in [-0.15, -0.1) is 0 Å². The minimum absolute atomic E-state index is 0.214. The topological polar surface area (TPSA) is 12.5 Å². The van der Waals surface area contributed by atoms with Crippen LogP contribution in [0.15, 0.2) is 212 Å². The lowest BCUT2D eigenvalue weighted by Gasteiger charge is -2.40. The van der Waals surface area contributed by atoms with Crippen LogP contribution in [-0.4, -0.2) is 0 Å². The highest BCUT2D eigenvalue weighted by atomic mass is 16.5. The molecule has 9 aromatic carbocycles. The van der Waals surface area contributed by atoms with Crippen molar-refractivity contribution in [2.45, 2.75) is 38.5 Å². The number of anilines is 3. The fraction of sp³-hybridized carbons (Fsp3) is 0.100. The van der Waals surface area contributed by atoms with Crippen molar-refractivity contribution < 1.29 is 4.74 Å². The van der Waals surface area contributed by atoms with Crippen LogP contribution < -0.4 is 9.64 Å². The van der Waals surface area contributed by atoms with Gasteiger partial charge < -0.3 is 9.64 Å². The highest BCUT2D eigenvalue weighted by Crippen LogP contribution is 2.63. The Balaban J connectivity index is 0.00000213.